The monoisotopic (exact) mass is 327 g/mol. The average Bonchev–Trinajstić information content (AvgIpc) is 2.77. The molecule has 0 unspecified atom stereocenters. The van der Waals surface area contributed by atoms with E-state index in [4.69, 9.17) is 11.6 Å². The SMILES string of the molecule is CCCCn1nc(C)c(/C=C/C(=O)NCCC(=O)OC)c1Cl. The Morgan fingerprint density at radius 3 is 2.82 bits per heavy atom. The smallest absolute Gasteiger partial charge is 0.307 e. The van der Waals surface area contributed by atoms with Crippen LogP contribution in [0.4, 0.5) is 0 Å². The van der Waals surface area contributed by atoms with Crippen molar-refractivity contribution in [2.45, 2.75) is 39.7 Å². The zero-order chi connectivity index (χ0) is 16.5. The topological polar surface area (TPSA) is 73.2 Å². The first-order valence-corrected chi connectivity index (χ1v) is 7.63. The van der Waals surface area contributed by atoms with Gasteiger partial charge in [0.15, 0.2) is 0 Å². The number of esters is 1. The number of unbranched alkanes of at least 4 members (excludes halogenated alkanes) is 1. The van der Waals surface area contributed by atoms with E-state index in [1.165, 1.54) is 13.2 Å². The highest BCUT2D eigenvalue weighted by Gasteiger charge is 2.11. The molecule has 0 radical (unpaired) electrons. The summed E-state index contributed by atoms with van der Waals surface area (Å²) in [5.74, 6) is -0.652. The van der Waals surface area contributed by atoms with Crippen LogP contribution in [0.2, 0.25) is 5.15 Å². The van der Waals surface area contributed by atoms with Crippen LogP contribution in [0.15, 0.2) is 6.08 Å². The fourth-order valence-electron chi connectivity index (χ4n) is 1.82. The maximum atomic E-state index is 11.7. The zero-order valence-electron chi connectivity index (χ0n) is 13.2. The van der Waals surface area contributed by atoms with Gasteiger partial charge in [0.1, 0.15) is 5.15 Å². The molecule has 1 aromatic rings. The maximum absolute atomic E-state index is 11.7. The number of amides is 1. The minimum absolute atomic E-state index is 0.144. The van der Waals surface area contributed by atoms with E-state index < -0.39 is 0 Å². The molecule has 1 aromatic heterocycles. The standard InChI is InChI=1S/C15H22ClN3O3/c1-4-5-10-19-15(16)12(11(2)18-19)6-7-13(20)17-9-8-14(21)22-3/h6-7H,4-5,8-10H2,1-3H3,(H,17,20)/b7-6+. The molecule has 0 saturated carbocycles. The molecule has 0 aliphatic carbocycles. The van der Waals surface area contributed by atoms with E-state index in [0.29, 0.717) is 5.15 Å². The highest BCUT2D eigenvalue weighted by atomic mass is 35.5. The van der Waals surface area contributed by atoms with Crippen LogP contribution in [0.1, 0.15) is 37.4 Å². The van der Waals surface area contributed by atoms with Crippen molar-refractivity contribution in [1.82, 2.24) is 15.1 Å². The van der Waals surface area contributed by atoms with Gasteiger partial charge in [0.05, 0.1) is 19.2 Å². The third-order valence-corrected chi connectivity index (χ3v) is 3.49. The summed E-state index contributed by atoms with van der Waals surface area (Å²) in [6, 6.07) is 0. The van der Waals surface area contributed by atoms with Crippen LogP contribution in [-0.4, -0.2) is 35.3 Å². The molecule has 1 heterocycles. The summed E-state index contributed by atoms with van der Waals surface area (Å²) in [5.41, 5.74) is 1.51. The second kappa shape index (κ2) is 9.25. The van der Waals surface area contributed by atoms with Gasteiger partial charge in [-0.05, 0) is 19.4 Å². The number of methoxy groups -OCH3 is 1. The Kier molecular flexibility index (Phi) is 7.66. The summed E-state index contributed by atoms with van der Waals surface area (Å²) in [4.78, 5) is 22.6. The molecule has 1 rings (SSSR count). The number of rotatable bonds is 8. The van der Waals surface area contributed by atoms with Crippen molar-refractivity contribution >= 4 is 29.6 Å². The van der Waals surface area contributed by atoms with Gasteiger partial charge in [0, 0.05) is 24.7 Å². The van der Waals surface area contributed by atoms with E-state index in [2.05, 4.69) is 22.1 Å². The van der Waals surface area contributed by atoms with Crippen LogP contribution in [0.25, 0.3) is 6.08 Å². The molecule has 22 heavy (non-hydrogen) atoms. The molecule has 122 valence electrons. The Balaban J connectivity index is 2.60. The predicted octanol–water partition coefficient (Wildman–Crippen LogP) is 2.34. The second-order valence-corrected chi connectivity index (χ2v) is 5.18. The zero-order valence-corrected chi connectivity index (χ0v) is 13.9. The Hall–Kier alpha value is -1.82. The predicted molar refractivity (Wildman–Crippen MR) is 85.6 cm³/mol. The van der Waals surface area contributed by atoms with Gasteiger partial charge in [-0.1, -0.05) is 24.9 Å². The fraction of sp³-hybridized carbons (Fsp3) is 0.533. The number of carbonyl (C=O) groups is 2. The van der Waals surface area contributed by atoms with Crippen molar-refractivity contribution in [3.63, 3.8) is 0 Å². The maximum Gasteiger partial charge on any atom is 0.307 e. The first-order valence-electron chi connectivity index (χ1n) is 7.25. The number of nitrogens with zero attached hydrogens (tertiary/aromatic N) is 2. The summed E-state index contributed by atoms with van der Waals surface area (Å²) < 4.78 is 6.24. The Morgan fingerprint density at radius 1 is 1.45 bits per heavy atom. The van der Waals surface area contributed by atoms with Crippen molar-refractivity contribution in [3.8, 4) is 0 Å². The highest BCUT2D eigenvalue weighted by Crippen LogP contribution is 2.21. The number of nitrogens with one attached hydrogen (secondary N) is 1. The van der Waals surface area contributed by atoms with Gasteiger partial charge in [-0.2, -0.15) is 5.10 Å². The molecule has 0 aliphatic rings. The highest BCUT2D eigenvalue weighted by molar-refractivity contribution is 6.31. The minimum Gasteiger partial charge on any atom is -0.469 e. The van der Waals surface area contributed by atoms with Gasteiger partial charge < -0.3 is 10.1 Å². The Labute approximate surface area is 135 Å². The Bertz CT molecular complexity index is 552. The van der Waals surface area contributed by atoms with Crippen molar-refractivity contribution in [2.75, 3.05) is 13.7 Å². The lowest BCUT2D eigenvalue weighted by atomic mass is 10.2. The van der Waals surface area contributed by atoms with E-state index >= 15 is 0 Å². The molecule has 0 aliphatic heterocycles. The summed E-state index contributed by atoms with van der Waals surface area (Å²) in [7, 11) is 1.31. The molecule has 0 spiro atoms. The molecule has 0 atom stereocenters. The number of carbonyl (C=O) groups excluding carboxylic acids is 2. The molecule has 0 bridgehead atoms. The molecule has 0 aromatic carbocycles. The van der Waals surface area contributed by atoms with E-state index in [1.54, 1.807) is 10.8 Å². The third kappa shape index (κ3) is 5.52. The number of aryl methyl sites for hydroxylation is 2. The summed E-state index contributed by atoms with van der Waals surface area (Å²) in [5, 5.41) is 7.50. The van der Waals surface area contributed by atoms with Crippen LogP contribution >= 0.6 is 11.6 Å². The Morgan fingerprint density at radius 2 is 2.18 bits per heavy atom. The minimum atomic E-state index is -0.361. The molecule has 0 fully saturated rings. The van der Waals surface area contributed by atoms with E-state index in [-0.39, 0.29) is 24.8 Å². The molecule has 6 nitrogen and oxygen atoms in total. The number of hydrogen-bond donors (Lipinski definition) is 1. The van der Waals surface area contributed by atoms with Gasteiger partial charge in [-0.25, -0.2) is 0 Å². The first-order chi connectivity index (χ1) is 10.5. The van der Waals surface area contributed by atoms with Gasteiger partial charge in [-0.15, -0.1) is 0 Å². The van der Waals surface area contributed by atoms with Crippen LogP contribution in [-0.2, 0) is 20.9 Å². The van der Waals surface area contributed by atoms with E-state index in [0.717, 1.165) is 30.6 Å². The fourth-order valence-corrected chi connectivity index (χ4v) is 2.14. The van der Waals surface area contributed by atoms with Gasteiger partial charge in [0.2, 0.25) is 5.91 Å². The van der Waals surface area contributed by atoms with Gasteiger partial charge in [-0.3, -0.25) is 14.3 Å². The average molecular weight is 328 g/mol. The molecule has 7 heteroatoms. The second-order valence-electron chi connectivity index (χ2n) is 4.82. The van der Waals surface area contributed by atoms with Crippen molar-refractivity contribution in [3.05, 3.63) is 22.5 Å². The quantitative estimate of drug-likeness (QED) is 0.587. The lowest BCUT2D eigenvalue weighted by Crippen LogP contribution is -2.24. The van der Waals surface area contributed by atoms with Crippen LogP contribution in [0.3, 0.4) is 0 Å². The number of ether oxygens (including phenoxy) is 1. The van der Waals surface area contributed by atoms with E-state index in [1.807, 2.05) is 6.92 Å². The normalized spacial score (nSPS) is 10.9. The molecular weight excluding hydrogens is 306 g/mol. The summed E-state index contributed by atoms with van der Waals surface area (Å²) in [6.45, 7) is 4.94. The van der Waals surface area contributed by atoms with Crippen molar-refractivity contribution in [2.24, 2.45) is 0 Å². The van der Waals surface area contributed by atoms with E-state index in [9.17, 15) is 9.59 Å². The lowest BCUT2D eigenvalue weighted by Gasteiger charge is -2.01. The van der Waals surface area contributed by atoms with Crippen molar-refractivity contribution in [1.29, 1.82) is 0 Å². The molecule has 1 N–H and O–H groups in total. The van der Waals surface area contributed by atoms with Gasteiger partial charge >= 0.3 is 5.97 Å². The number of hydrogen-bond acceptors (Lipinski definition) is 4. The summed E-state index contributed by atoms with van der Waals surface area (Å²) >= 11 is 6.27. The van der Waals surface area contributed by atoms with Crippen LogP contribution < -0.4 is 5.32 Å². The van der Waals surface area contributed by atoms with Crippen LogP contribution in [0, 0.1) is 6.92 Å². The lowest BCUT2D eigenvalue weighted by molar-refractivity contribution is -0.140. The number of halogens is 1. The van der Waals surface area contributed by atoms with Crippen LogP contribution in [0.5, 0.6) is 0 Å². The molecule has 0 saturated heterocycles. The molecule has 1 amide bonds. The number of aromatic nitrogens is 2. The third-order valence-electron chi connectivity index (χ3n) is 3.09. The first kappa shape index (κ1) is 18.2. The van der Waals surface area contributed by atoms with Crippen molar-refractivity contribution < 1.29 is 14.3 Å². The van der Waals surface area contributed by atoms with Gasteiger partial charge in [0.25, 0.3) is 0 Å². The molecular formula is C15H22ClN3O3. The summed E-state index contributed by atoms with van der Waals surface area (Å²) in [6.07, 6.45) is 5.23. The largest absolute Gasteiger partial charge is 0.469 e.